The van der Waals surface area contributed by atoms with Gasteiger partial charge in [-0.3, -0.25) is 0 Å². The zero-order valence-corrected chi connectivity index (χ0v) is 12.3. The molecule has 0 bridgehead atoms. The summed E-state index contributed by atoms with van der Waals surface area (Å²) in [4.78, 5) is 0. The molecule has 80 valence electrons. The van der Waals surface area contributed by atoms with Crippen LogP contribution in [0.4, 0.5) is 0 Å². The molecule has 0 spiro atoms. The molecule has 0 saturated heterocycles. The van der Waals surface area contributed by atoms with Crippen LogP contribution < -0.4 is 0 Å². The lowest BCUT2D eigenvalue weighted by Gasteiger charge is -2.08. The van der Waals surface area contributed by atoms with Gasteiger partial charge in [0.2, 0.25) is 0 Å². The number of halogens is 2. The Balaban J connectivity index is 2.40. The highest BCUT2D eigenvalue weighted by molar-refractivity contribution is 14.1. The first kappa shape index (κ1) is 11.9. The molecule has 0 aliphatic rings. The van der Waals surface area contributed by atoms with Crippen LogP contribution in [-0.4, -0.2) is 0 Å². The van der Waals surface area contributed by atoms with E-state index in [4.69, 9.17) is 0 Å². The third-order valence-electron chi connectivity index (χ3n) is 2.39. The molecule has 0 heterocycles. The molecule has 0 aliphatic carbocycles. The molecule has 2 heteroatoms. The van der Waals surface area contributed by atoms with Gasteiger partial charge in [-0.15, -0.1) is 0 Å². The SMILES string of the molecule is C=C(c1ccc(Br)cc1)c1ccccc1I. The summed E-state index contributed by atoms with van der Waals surface area (Å²) in [5.74, 6) is 0. The highest BCUT2D eigenvalue weighted by atomic mass is 127. The van der Waals surface area contributed by atoms with E-state index in [-0.39, 0.29) is 0 Å². The minimum Gasteiger partial charge on any atom is -0.0905 e. The second-order valence-electron chi connectivity index (χ2n) is 3.47. The maximum atomic E-state index is 4.17. The van der Waals surface area contributed by atoms with E-state index >= 15 is 0 Å². The lowest BCUT2D eigenvalue weighted by molar-refractivity contribution is 1.51. The molecule has 0 radical (unpaired) electrons. The summed E-state index contributed by atoms with van der Waals surface area (Å²) in [5, 5.41) is 0. The summed E-state index contributed by atoms with van der Waals surface area (Å²) < 4.78 is 2.32. The molecule has 0 nitrogen and oxygen atoms in total. The third-order valence-corrected chi connectivity index (χ3v) is 3.86. The van der Waals surface area contributed by atoms with Crippen LogP contribution in [-0.2, 0) is 0 Å². The fourth-order valence-electron chi connectivity index (χ4n) is 1.51. The summed E-state index contributed by atoms with van der Waals surface area (Å²) in [5.41, 5.74) is 3.43. The van der Waals surface area contributed by atoms with E-state index in [1.807, 2.05) is 24.3 Å². The van der Waals surface area contributed by atoms with Crippen molar-refractivity contribution in [1.82, 2.24) is 0 Å². The largest absolute Gasteiger partial charge is 0.0905 e. The average molecular weight is 385 g/mol. The maximum absolute atomic E-state index is 4.17. The van der Waals surface area contributed by atoms with Gasteiger partial charge in [-0.1, -0.05) is 52.8 Å². The molecule has 0 saturated carbocycles. The van der Waals surface area contributed by atoms with Crippen molar-refractivity contribution in [2.45, 2.75) is 0 Å². The monoisotopic (exact) mass is 384 g/mol. The van der Waals surface area contributed by atoms with Gasteiger partial charge < -0.3 is 0 Å². The Hall–Kier alpha value is -0.610. The lowest BCUT2D eigenvalue weighted by Crippen LogP contribution is -1.89. The number of rotatable bonds is 2. The molecule has 0 unspecified atom stereocenters. The Bertz CT molecular complexity index is 515. The van der Waals surface area contributed by atoms with Gasteiger partial charge in [-0.2, -0.15) is 0 Å². The Labute approximate surface area is 118 Å². The van der Waals surface area contributed by atoms with Gasteiger partial charge >= 0.3 is 0 Å². The highest BCUT2D eigenvalue weighted by Gasteiger charge is 2.05. The van der Waals surface area contributed by atoms with Gasteiger partial charge in [0.05, 0.1) is 0 Å². The summed E-state index contributed by atoms with van der Waals surface area (Å²) in [7, 11) is 0. The Morgan fingerprint density at radius 3 is 2.25 bits per heavy atom. The number of hydrogen-bond acceptors (Lipinski definition) is 0. The molecular formula is C14H10BrI. The van der Waals surface area contributed by atoms with Gasteiger partial charge in [0.25, 0.3) is 0 Å². The van der Waals surface area contributed by atoms with E-state index in [1.165, 1.54) is 9.13 Å². The van der Waals surface area contributed by atoms with Gasteiger partial charge in [0.15, 0.2) is 0 Å². The van der Waals surface area contributed by atoms with E-state index < -0.39 is 0 Å². The van der Waals surface area contributed by atoms with Crippen LogP contribution in [0.3, 0.4) is 0 Å². The van der Waals surface area contributed by atoms with Crippen LogP contribution in [0.5, 0.6) is 0 Å². The van der Waals surface area contributed by atoms with Gasteiger partial charge in [0.1, 0.15) is 0 Å². The average Bonchev–Trinajstić information content (AvgIpc) is 2.30. The zero-order chi connectivity index (χ0) is 11.5. The first-order valence-corrected chi connectivity index (χ1v) is 6.75. The van der Waals surface area contributed by atoms with E-state index in [1.54, 1.807) is 0 Å². The van der Waals surface area contributed by atoms with E-state index in [0.29, 0.717) is 0 Å². The zero-order valence-electron chi connectivity index (χ0n) is 8.58. The van der Waals surface area contributed by atoms with Gasteiger partial charge in [-0.05, 0) is 57.5 Å². The summed E-state index contributed by atoms with van der Waals surface area (Å²) >= 11 is 5.77. The van der Waals surface area contributed by atoms with Crippen molar-refractivity contribution in [1.29, 1.82) is 0 Å². The summed E-state index contributed by atoms with van der Waals surface area (Å²) in [6.07, 6.45) is 0. The maximum Gasteiger partial charge on any atom is 0.0208 e. The molecule has 2 rings (SSSR count). The van der Waals surface area contributed by atoms with Crippen molar-refractivity contribution in [3.8, 4) is 0 Å². The molecule has 0 fully saturated rings. The van der Waals surface area contributed by atoms with Crippen molar-refractivity contribution in [2.24, 2.45) is 0 Å². The van der Waals surface area contributed by atoms with Crippen LogP contribution >= 0.6 is 38.5 Å². The molecule has 2 aromatic rings. The fraction of sp³-hybridized carbons (Fsp3) is 0. The van der Waals surface area contributed by atoms with Crippen molar-refractivity contribution in [2.75, 3.05) is 0 Å². The first-order chi connectivity index (χ1) is 7.68. The predicted octanol–water partition coefficient (Wildman–Crippen LogP) is 5.12. The van der Waals surface area contributed by atoms with Crippen molar-refractivity contribution >= 4 is 44.1 Å². The van der Waals surface area contributed by atoms with Crippen molar-refractivity contribution in [3.05, 3.63) is 74.3 Å². The quantitative estimate of drug-likeness (QED) is 0.630. The first-order valence-electron chi connectivity index (χ1n) is 4.88. The third kappa shape index (κ3) is 2.55. The molecule has 2 aromatic carbocycles. The van der Waals surface area contributed by atoms with Crippen LogP contribution in [0, 0.1) is 3.57 Å². The molecule has 16 heavy (non-hydrogen) atoms. The molecule has 0 aliphatic heterocycles. The fourth-order valence-corrected chi connectivity index (χ4v) is 2.49. The number of benzene rings is 2. The van der Waals surface area contributed by atoms with E-state index in [2.05, 4.69) is 69.4 Å². The van der Waals surface area contributed by atoms with Crippen molar-refractivity contribution < 1.29 is 0 Å². The molecule has 0 aromatic heterocycles. The summed E-state index contributed by atoms with van der Waals surface area (Å²) in [6, 6.07) is 16.5. The Kier molecular flexibility index (Phi) is 3.82. The highest BCUT2D eigenvalue weighted by Crippen LogP contribution is 2.26. The predicted molar refractivity (Wildman–Crippen MR) is 81.4 cm³/mol. The minimum absolute atomic E-state index is 1.07. The van der Waals surface area contributed by atoms with Crippen LogP contribution in [0.1, 0.15) is 11.1 Å². The Morgan fingerprint density at radius 1 is 1.00 bits per heavy atom. The van der Waals surface area contributed by atoms with Crippen LogP contribution in [0.15, 0.2) is 59.6 Å². The smallest absolute Gasteiger partial charge is 0.0208 e. The molecule has 0 atom stereocenters. The van der Waals surface area contributed by atoms with Crippen LogP contribution in [0.2, 0.25) is 0 Å². The van der Waals surface area contributed by atoms with Gasteiger partial charge in [0, 0.05) is 8.04 Å². The minimum atomic E-state index is 1.07. The van der Waals surface area contributed by atoms with E-state index in [0.717, 1.165) is 15.6 Å². The lowest BCUT2D eigenvalue weighted by atomic mass is 10.00. The Morgan fingerprint density at radius 2 is 1.62 bits per heavy atom. The van der Waals surface area contributed by atoms with Crippen molar-refractivity contribution in [3.63, 3.8) is 0 Å². The molecule has 0 amide bonds. The topological polar surface area (TPSA) is 0 Å². The second kappa shape index (κ2) is 5.15. The summed E-state index contributed by atoms with van der Waals surface area (Å²) in [6.45, 7) is 4.17. The van der Waals surface area contributed by atoms with Gasteiger partial charge in [-0.25, -0.2) is 0 Å². The molecule has 0 N–H and O–H groups in total. The van der Waals surface area contributed by atoms with Crippen LogP contribution in [0.25, 0.3) is 5.57 Å². The normalized spacial score (nSPS) is 10.1. The number of hydrogen-bond donors (Lipinski definition) is 0. The second-order valence-corrected chi connectivity index (χ2v) is 5.54. The molecular weight excluding hydrogens is 375 g/mol. The van der Waals surface area contributed by atoms with E-state index in [9.17, 15) is 0 Å². The standard InChI is InChI=1S/C14H10BrI/c1-10(11-6-8-12(15)9-7-11)13-4-2-3-5-14(13)16/h2-9H,1H2.